The van der Waals surface area contributed by atoms with Gasteiger partial charge in [-0.25, -0.2) is 0 Å². The summed E-state index contributed by atoms with van der Waals surface area (Å²) in [5.74, 6) is 4.79. The lowest BCUT2D eigenvalue weighted by Crippen LogP contribution is -2.04. The molecule has 5 nitrogen and oxygen atoms in total. The van der Waals surface area contributed by atoms with Gasteiger partial charge in [0.2, 0.25) is 0 Å². The molecule has 1 saturated carbocycles. The van der Waals surface area contributed by atoms with Crippen molar-refractivity contribution in [1.82, 2.24) is 19.9 Å². The molecular formula is C15H20N4OS. The Hall–Kier alpha value is -1.30. The Morgan fingerprint density at radius 2 is 2.24 bits per heavy atom. The summed E-state index contributed by atoms with van der Waals surface area (Å²) < 4.78 is 7.49. The summed E-state index contributed by atoms with van der Waals surface area (Å²) in [7, 11) is 1.97. The number of hydrogen-bond acceptors (Lipinski definition) is 5. The molecule has 4 rings (SSSR count). The highest BCUT2D eigenvalue weighted by Gasteiger charge is 2.31. The Kier molecular flexibility index (Phi) is 3.28. The number of thioether (sulfide) groups is 1. The van der Waals surface area contributed by atoms with Crippen molar-refractivity contribution < 1.29 is 4.52 Å². The van der Waals surface area contributed by atoms with Crippen molar-refractivity contribution in [2.45, 2.75) is 44.3 Å². The Morgan fingerprint density at radius 3 is 3.05 bits per heavy atom. The second-order valence-electron chi connectivity index (χ2n) is 6.17. The molecule has 1 aliphatic carbocycles. The highest BCUT2D eigenvalue weighted by atomic mass is 32.2. The van der Waals surface area contributed by atoms with Gasteiger partial charge in [0.1, 0.15) is 5.69 Å². The third-order valence-corrected chi connectivity index (χ3v) is 5.78. The zero-order chi connectivity index (χ0) is 14.4. The molecule has 2 unspecified atom stereocenters. The largest absolute Gasteiger partial charge is 0.332 e. The van der Waals surface area contributed by atoms with Crippen LogP contribution in [0.15, 0.2) is 4.52 Å². The van der Waals surface area contributed by atoms with Gasteiger partial charge in [-0.05, 0) is 24.5 Å². The van der Waals surface area contributed by atoms with Crippen LogP contribution in [0.2, 0.25) is 0 Å². The molecule has 3 heterocycles. The van der Waals surface area contributed by atoms with Gasteiger partial charge in [0.05, 0.1) is 5.69 Å². The van der Waals surface area contributed by atoms with Crippen molar-refractivity contribution in [3.05, 3.63) is 17.1 Å². The highest BCUT2D eigenvalue weighted by molar-refractivity contribution is 7.98. The lowest BCUT2D eigenvalue weighted by molar-refractivity contribution is 0.402. The Morgan fingerprint density at radius 1 is 1.33 bits per heavy atom. The lowest BCUT2D eigenvalue weighted by Gasteiger charge is -2.09. The van der Waals surface area contributed by atoms with E-state index >= 15 is 0 Å². The first-order valence-electron chi connectivity index (χ1n) is 7.70. The minimum Gasteiger partial charge on any atom is -0.332 e. The molecule has 0 amide bonds. The van der Waals surface area contributed by atoms with Crippen LogP contribution in [-0.4, -0.2) is 25.7 Å². The van der Waals surface area contributed by atoms with Crippen LogP contribution >= 0.6 is 11.8 Å². The monoisotopic (exact) mass is 304 g/mol. The van der Waals surface area contributed by atoms with Gasteiger partial charge in [-0.15, -0.1) is 0 Å². The quantitative estimate of drug-likeness (QED) is 0.853. The first-order valence-corrected chi connectivity index (χ1v) is 8.86. The standard InChI is InChI=1S/C15H20N4OS/c1-9-4-3-5-10(9)14-16-15(20-18-14)13-11-8-21-7-6-12(11)17-19(13)2/h9-10H,3-8H2,1-2H3. The molecule has 2 aliphatic rings. The molecule has 0 bridgehead atoms. The van der Waals surface area contributed by atoms with Crippen molar-refractivity contribution in [2.24, 2.45) is 13.0 Å². The number of fused-ring (bicyclic) bond motifs is 1. The maximum atomic E-state index is 5.59. The smallest absolute Gasteiger partial charge is 0.276 e. The van der Waals surface area contributed by atoms with Crippen LogP contribution in [0.1, 0.15) is 49.2 Å². The Balaban J connectivity index is 1.71. The van der Waals surface area contributed by atoms with Gasteiger partial charge in [-0.3, -0.25) is 4.68 Å². The fourth-order valence-corrected chi connectivity index (χ4v) is 4.59. The van der Waals surface area contributed by atoms with Crippen LogP contribution in [0.5, 0.6) is 0 Å². The van der Waals surface area contributed by atoms with Crippen molar-refractivity contribution in [2.75, 3.05) is 5.75 Å². The first-order chi connectivity index (χ1) is 10.2. The molecule has 112 valence electrons. The molecule has 0 aromatic carbocycles. The van der Waals surface area contributed by atoms with E-state index in [2.05, 4.69) is 17.2 Å². The van der Waals surface area contributed by atoms with E-state index in [1.54, 1.807) is 0 Å². The van der Waals surface area contributed by atoms with Gasteiger partial charge in [-0.1, -0.05) is 18.5 Å². The van der Waals surface area contributed by atoms with E-state index in [4.69, 9.17) is 9.51 Å². The topological polar surface area (TPSA) is 56.7 Å². The van der Waals surface area contributed by atoms with Gasteiger partial charge >= 0.3 is 0 Å². The summed E-state index contributed by atoms with van der Waals surface area (Å²) in [5, 5.41) is 8.89. The van der Waals surface area contributed by atoms with E-state index < -0.39 is 0 Å². The van der Waals surface area contributed by atoms with Crippen molar-refractivity contribution in [3.8, 4) is 11.6 Å². The molecular weight excluding hydrogens is 284 g/mol. The van der Waals surface area contributed by atoms with E-state index in [0.29, 0.717) is 17.7 Å². The maximum Gasteiger partial charge on any atom is 0.276 e. The van der Waals surface area contributed by atoms with Gasteiger partial charge in [0.15, 0.2) is 5.82 Å². The molecule has 1 fully saturated rings. The average Bonchev–Trinajstić information content (AvgIpc) is 3.15. The molecule has 0 spiro atoms. The number of aryl methyl sites for hydroxylation is 2. The minimum absolute atomic E-state index is 0.459. The predicted molar refractivity (Wildman–Crippen MR) is 82.1 cm³/mol. The molecule has 2 aromatic rings. The van der Waals surface area contributed by atoms with Crippen LogP contribution in [0, 0.1) is 5.92 Å². The van der Waals surface area contributed by atoms with Crippen LogP contribution in [0.3, 0.4) is 0 Å². The fraction of sp³-hybridized carbons (Fsp3) is 0.667. The second kappa shape index (κ2) is 5.16. The molecule has 0 saturated heterocycles. The number of hydrogen-bond donors (Lipinski definition) is 0. The molecule has 6 heteroatoms. The fourth-order valence-electron chi connectivity index (χ4n) is 3.60. The van der Waals surface area contributed by atoms with Crippen LogP contribution < -0.4 is 0 Å². The van der Waals surface area contributed by atoms with Crippen molar-refractivity contribution in [1.29, 1.82) is 0 Å². The SMILES string of the molecule is CC1CCCC1c1noc(-c2c3c(nn2C)CCSC3)n1. The normalized spacial score (nSPS) is 25.2. The van der Waals surface area contributed by atoms with Gasteiger partial charge in [0.25, 0.3) is 5.89 Å². The van der Waals surface area contributed by atoms with Crippen LogP contribution in [0.4, 0.5) is 0 Å². The zero-order valence-electron chi connectivity index (χ0n) is 12.5. The average molecular weight is 304 g/mol. The molecule has 2 atom stereocenters. The zero-order valence-corrected chi connectivity index (χ0v) is 13.3. The molecule has 1 aliphatic heterocycles. The summed E-state index contributed by atoms with van der Waals surface area (Å²) in [6.07, 6.45) is 4.76. The Labute approximate surface area is 128 Å². The molecule has 0 radical (unpaired) electrons. The van der Waals surface area contributed by atoms with E-state index in [-0.39, 0.29) is 0 Å². The van der Waals surface area contributed by atoms with Crippen LogP contribution in [0.25, 0.3) is 11.6 Å². The van der Waals surface area contributed by atoms with Crippen molar-refractivity contribution in [3.63, 3.8) is 0 Å². The first kappa shape index (κ1) is 13.4. The maximum absolute atomic E-state index is 5.59. The van der Waals surface area contributed by atoms with Gasteiger partial charge in [-0.2, -0.15) is 21.8 Å². The third-order valence-electron chi connectivity index (χ3n) is 4.80. The summed E-state index contributed by atoms with van der Waals surface area (Å²) in [6, 6.07) is 0. The summed E-state index contributed by atoms with van der Waals surface area (Å²) in [6.45, 7) is 2.29. The summed E-state index contributed by atoms with van der Waals surface area (Å²) >= 11 is 1.95. The third kappa shape index (κ3) is 2.20. The molecule has 0 N–H and O–H groups in total. The lowest BCUT2D eigenvalue weighted by atomic mass is 9.98. The number of aromatic nitrogens is 4. The minimum atomic E-state index is 0.459. The van der Waals surface area contributed by atoms with Crippen molar-refractivity contribution >= 4 is 11.8 Å². The van der Waals surface area contributed by atoms with Crippen LogP contribution in [-0.2, 0) is 19.2 Å². The summed E-state index contributed by atoms with van der Waals surface area (Å²) in [5.41, 5.74) is 3.49. The molecule has 21 heavy (non-hydrogen) atoms. The second-order valence-corrected chi connectivity index (χ2v) is 7.28. The van der Waals surface area contributed by atoms with Gasteiger partial charge in [0, 0.05) is 30.7 Å². The number of nitrogens with zero attached hydrogens (tertiary/aromatic N) is 4. The highest BCUT2D eigenvalue weighted by Crippen LogP contribution is 2.39. The van der Waals surface area contributed by atoms with E-state index in [9.17, 15) is 0 Å². The summed E-state index contributed by atoms with van der Waals surface area (Å²) in [4.78, 5) is 4.71. The van der Waals surface area contributed by atoms with E-state index in [0.717, 1.165) is 29.4 Å². The number of rotatable bonds is 2. The molecule has 2 aromatic heterocycles. The predicted octanol–water partition coefficient (Wildman–Crippen LogP) is 3.16. The van der Waals surface area contributed by atoms with Gasteiger partial charge < -0.3 is 4.52 Å². The van der Waals surface area contributed by atoms with E-state index in [1.165, 1.54) is 30.5 Å². The Bertz CT molecular complexity index is 663. The van der Waals surface area contributed by atoms with E-state index in [1.807, 2.05) is 23.5 Å².